The summed E-state index contributed by atoms with van der Waals surface area (Å²) < 4.78 is 43.3. The Labute approximate surface area is 221 Å². The van der Waals surface area contributed by atoms with E-state index in [9.17, 15) is 22.8 Å². The first-order valence-corrected chi connectivity index (χ1v) is 12.8. The van der Waals surface area contributed by atoms with Gasteiger partial charge in [0.25, 0.3) is 5.91 Å². The number of anilines is 2. The highest BCUT2D eigenvalue weighted by Gasteiger charge is 2.33. The molecule has 1 aliphatic rings. The summed E-state index contributed by atoms with van der Waals surface area (Å²) in [5, 5.41) is 14.0. The van der Waals surface area contributed by atoms with Crippen LogP contribution >= 0.6 is 11.3 Å². The number of nitrogens with one attached hydrogen (secondary N) is 2. The van der Waals surface area contributed by atoms with E-state index in [2.05, 4.69) is 30.5 Å². The zero-order valence-corrected chi connectivity index (χ0v) is 21.6. The molecule has 0 saturated carbocycles. The van der Waals surface area contributed by atoms with Gasteiger partial charge in [0.15, 0.2) is 5.75 Å². The van der Waals surface area contributed by atoms with Crippen LogP contribution in [-0.4, -0.2) is 77.4 Å². The van der Waals surface area contributed by atoms with Gasteiger partial charge in [0, 0.05) is 37.3 Å². The Bertz CT molecular complexity index is 1260. The summed E-state index contributed by atoms with van der Waals surface area (Å²) in [7, 11) is 1.99. The second-order valence-electron chi connectivity index (χ2n) is 8.74. The molecule has 4 rings (SSSR count). The fourth-order valence-corrected chi connectivity index (χ4v) is 4.83. The quantitative estimate of drug-likeness (QED) is 0.433. The monoisotopic (exact) mass is 548 g/mol. The lowest BCUT2D eigenvalue weighted by atomic mass is 10.1. The van der Waals surface area contributed by atoms with E-state index in [1.165, 1.54) is 6.07 Å². The number of benzene rings is 2. The number of amides is 2. The van der Waals surface area contributed by atoms with E-state index in [1.807, 2.05) is 49.2 Å². The van der Waals surface area contributed by atoms with Crippen molar-refractivity contribution in [3.8, 4) is 16.3 Å². The van der Waals surface area contributed by atoms with Crippen molar-refractivity contribution in [3.05, 3.63) is 54.1 Å². The Morgan fingerprint density at radius 1 is 1.05 bits per heavy atom. The normalized spacial score (nSPS) is 15.6. The van der Waals surface area contributed by atoms with Gasteiger partial charge in [-0.05, 0) is 31.7 Å². The third-order valence-electron chi connectivity index (χ3n) is 6.06. The van der Waals surface area contributed by atoms with Crippen molar-refractivity contribution in [3.63, 3.8) is 0 Å². The Balaban J connectivity index is 1.53. The summed E-state index contributed by atoms with van der Waals surface area (Å²) in [5.41, 5.74) is 0.587. The minimum atomic E-state index is -4.98. The van der Waals surface area contributed by atoms with Crippen LogP contribution in [-0.2, 0) is 4.79 Å². The van der Waals surface area contributed by atoms with E-state index < -0.39 is 30.0 Å². The Morgan fingerprint density at radius 2 is 1.76 bits per heavy atom. The van der Waals surface area contributed by atoms with Gasteiger partial charge in [-0.25, -0.2) is 0 Å². The smallest absolute Gasteiger partial charge is 0.404 e. The lowest BCUT2D eigenvalue weighted by molar-refractivity contribution is -0.274. The van der Waals surface area contributed by atoms with E-state index >= 15 is 0 Å². The van der Waals surface area contributed by atoms with Crippen LogP contribution in [0.5, 0.6) is 5.75 Å². The predicted octanol–water partition coefficient (Wildman–Crippen LogP) is 4.32. The number of hydrogen-bond donors (Lipinski definition) is 2. The first-order valence-electron chi connectivity index (χ1n) is 12.0. The summed E-state index contributed by atoms with van der Waals surface area (Å²) in [6.07, 6.45) is -4.52. The number of halogens is 3. The third-order valence-corrected chi connectivity index (χ3v) is 6.95. The molecule has 2 aromatic carbocycles. The molecule has 9 nitrogen and oxygen atoms in total. The minimum Gasteiger partial charge on any atom is -0.404 e. The van der Waals surface area contributed by atoms with Gasteiger partial charge in [-0.1, -0.05) is 48.6 Å². The maximum Gasteiger partial charge on any atom is 0.573 e. The van der Waals surface area contributed by atoms with Crippen LogP contribution in [0.4, 0.5) is 24.0 Å². The standard InChI is InChI=1S/C25H27F3N6O3S/c1-3-19(34-13-11-33(2)12-14-34)22(36)29-18-15-17(9-10-20(18)37-25(26,27)28)21(35)30-24-32-31-23(38-24)16-7-5-4-6-8-16/h4-10,15,19H,3,11-14H2,1-2H3,(H,29,36)(H,30,32,35)/t19-/m1/s1. The largest absolute Gasteiger partial charge is 0.573 e. The number of ether oxygens (including phenoxy) is 1. The molecule has 13 heteroatoms. The Morgan fingerprint density at radius 3 is 2.42 bits per heavy atom. The summed E-state index contributed by atoms with van der Waals surface area (Å²) >= 11 is 1.15. The van der Waals surface area contributed by atoms with Gasteiger partial charge in [-0.15, -0.1) is 23.4 Å². The van der Waals surface area contributed by atoms with Gasteiger partial charge in [-0.3, -0.25) is 19.8 Å². The van der Waals surface area contributed by atoms with Crippen LogP contribution in [0.15, 0.2) is 48.5 Å². The van der Waals surface area contributed by atoms with Crippen molar-refractivity contribution < 1.29 is 27.5 Å². The van der Waals surface area contributed by atoms with Crippen molar-refractivity contribution in [2.45, 2.75) is 25.7 Å². The van der Waals surface area contributed by atoms with Crippen LogP contribution in [0.3, 0.4) is 0 Å². The summed E-state index contributed by atoms with van der Waals surface area (Å²) in [4.78, 5) is 30.2. The highest BCUT2D eigenvalue weighted by molar-refractivity contribution is 7.18. The van der Waals surface area contributed by atoms with Crippen molar-refractivity contribution in [2.75, 3.05) is 43.9 Å². The molecule has 0 unspecified atom stereocenters. The molecule has 0 bridgehead atoms. The summed E-state index contributed by atoms with van der Waals surface area (Å²) in [6.45, 7) is 4.71. The second-order valence-corrected chi connectivity index (χ2v) is 9.72. The Kier molecular flexibility index (Phi) is 8.59. The minimum absolute atomic E-state index is 0.0129. The maximum atomic E-state index is 13.1. The molecule has 1 aliphatic heterocycles. The molecule has 2 N–H and O–H groups in total. The Hall–Kier alpha value is -3.55. The van der Waals surface area contributed by atoms with Gasteiger partial charge in [-0.2, -0.15) is 0 Å². The molecule has 0 spiro atoms. The number of nitrogens with zero attached hydrogens (tertiary/aromatic N) is 4. The molecular weight excluding hydrogens is 521 g/mol. The fourth-order valence-electron chi connectivity index (χ4n) is 4.08. The van der Waals surface area contributed by atoms with Crippen molar-refractivity contribution in [1.82, 2.24) is 20.0 Å². The van der Waals surface area contributed by atoms with Gasteiger partial charge < -0.3 is 15.0 Å². The van der Waals surface area contributed by atoms with Crippen LogP contribution in [0, 0.1) is 0 Å². The van der Waals surface area contributed by atoms with Crippen LogP contribution < -0.4 is 15.4 Å². The van der Waals surface area contributed by atoms with Crippen molar-refractivity contribution >= 4 is 34.0 Å². The summed E-state index contributed by atoms with van der Waals surface area (Å²) in [6, 6.07) is 12.1. The highest BCUT2D eigenvalue weighted by Crippen LogP contribution is 2.32. The lowest BCUT2D eigenvalue weighted by Crippen LogP contribution is -2.52. The SMILES string of the molecule is CC[C@H](C(=O)Nc1cc(C(=O)Nc2nnc(-c3ccccc3)s2)ccc1OC(F)(F)F)N1CCN(C)CC1. The van der Waals surface area contributed by atoms with Crippen molar-refractivity contribution in [1.29, 1.82) is 0 Å². The maximum absolute atomic E-state index is 13.1. The van der Waals surface area contributed by atoms with Gasteiger partial charge >= 0.3 is 6.36 Å². The molecule has 0 radical (unpaired) electrons. The molecule has 38 heavy (non-hydrogen) atoms. The number of carbonyl (C=O) groups excluding carboxylic acids is 2. The van der Waals surface area contributed by atoms with Gasteiger partial charge in [0.05, 0.1) is 11.7 Å². The van der Waals surface area contributed by atoms with Crippen LogP contribution in [0.1, 0.15) is 23.7 Å². The van der Waals surface area contributed by atoms with Gasteiger partial charge in [0.2, 0.25) is 11.0 Å². The van der Waals surface area contributed by atoms with E-state index in [0.29, 0.717) is 24.5 Å². The molecule has 2 amide bonds. The van der Waals surface area contributed by atoms with E-state index in [-0.39, 0.29) is 16.4 Å². The fraction of sp³-hybridized carbons (Fsp3) is 0.360. The number of piperazine rings is 1. The van der Waals surface area contributed by atoms with E-state index in [1.54, 1.807) is 0 Å². The molecule has 1 atom stereocenters. The molecular formula is C25H27F3N6O3S. The van der Waals surface area contributed by atoms with Gasteiger partial charge in [0.1, 0.15) is 5.01 Å². The lowest BCUT2D eigenvalue weighted by Gasteiger charge is -2.36. The number of likely N-dealkylation sites (N-methyl/N-ethyl adjacent to an activating group) is 1. The van der Waals surface area contributed by atoms with E-state index in [0.717, 1.165) is 42.1 Å². The number of alkyl halides is 3. The average molecular weight is 549 g/mol. The first kappa shape index (κ1) is 27.5. The zero-order chi connectivity index (χ0) is 27.3. The predicted molar refractivity (Wildman–Crippen MR) is 138 cm³/mol. The average Bonchev–Trinajstić information content (AvgIpc) is 3.35. The third kappa shape index (κ3) is 7.05. The molecule has 3 aromatic rings. The molecule has 2 heterocycles. The molecule has 1 aromatic heterocycles. The number of rotatable bonds is 8. The first-order chi connectivity index (χ1) is 18.1. The molecule has 1 fully saturated rings. The second kappa shape index (κ2) is 11.9. The van der Waals surface area contributed by atoms with Crippen molar-refractivity contribution in [2.24, 2.45) is 0 Å². The van der Waals surface area contributed by atoms with E-state index in [4.69, 9.17) is 0 Å². The molecule has 202 valence electrons. The number of carbonyl (C=O) groups is 2. The molecule has 1 saturated heterocycles. The highest BCUT2D eigenvalue weighted by atomic mass is 32.1. The van der Waals surface area contributed by atoms with Crippen LogP contribution in [0.25, 0.3) is 10.6 Å². The number of aromatic nitrogens is 2. The number of hydrogen-bond acceptors (Lipinski definition) is 8. The molecule has 0 aliphatic carbocycles. The summed E-state index contributed by atoms with van der Waals surface area (Å²) in [5.74, 6) is -1.71. The van der Waals surface area contributed by atoms with Crippen LogP contribution in [0.2, 0.25) is 0 Å². The zero-order valence-electron chi connectivity index (χ0n) is 20.8. The topological polar surface area (TPSA) is 99.7 Å².